The van der Waals surface area contributed by atoms with E-state index in [9.17, 15) is 14.0 Å². The second-order valence-electron chi connectivity index (χ2n) is 7.16. The van der Waals surface area contributed by atoms with E-state index in [-0.39, 0.29) is 24.2 Å². The van der Waals surface area contributed by atoms with E-state index in [0.29, 0.717) is 35.5 Å². The van der Waals surface area contributed by atoms with Crippen molar-refractivity contribution in [2.75, 3.05) is 12.4 Å². The summed E-state index contributed by atoms with van der Waals surface area (Å²) in [6.45, 7) is 1.40. The predicted molar refractivity (Wildman–Crippen MR) is 114 cm³/mol. The maximum atomic E-state index is 13.3. The number of thioether (sulfide) groups is 1. The van der Waals surface area contributed by atoms with Crippen molar-refractivity contribution in [3.63, 3.8) is 0 Å². The van der Waals surface area contributed by atoms with Crippen LogP contribution in [0.3, 0.4) is 0 Å². The minimum absolute atomic E-state index is 0.0192. The molecule has 3 aromatic rings. The lowest BCUT2D eigenvalue weighted by molar-refractivity contribution is -0.117. The Balaban J connectivity index is 1.39. The molecular formula is C21H22FN5O4S. The van der Waals surface area contributed by atoms with Crippen molar-refractivity contribution in [3.8, 4) is 11.4 Å². The molecule has 1 unspecified atom stereocenters. The Morgan fingerprint density at radius 2 is 2.06 bits per heavy atom. The first-order valence-electron chi connectivity index (χ1n) is 10.1. The minimum atomic E-state index is -0.611. The molecule has 9 nitrogen and oxygen atoms in total. The molecule has 1 aliphatic rings. The van der Waals surface area contributed by atoms with Crippen LogP contribution in [-0.2, 0) is 22.6 Å². The summed E-state index contributed by atoms with van der Waals surface area (Å²) in [4.78, 5) is 24.1. The highest BCUT2D eigenvalue weighted by atomic mass is 32.2. The zero-order valence-electron chi connectivity index (χ0n) is 17.1. The summed E-state index contributed by atoms with van der Waals surface area (Å²) in [7, 11) is 0. The zero-order chi connectivity index (χ0) is 22.3. The third-order valence-electron chi connectivity index (χ3n) is 4.82. The molecule has 11 heteroatoms. The molecule has 168 valence electrons. The Labute approximate surface area is 187 Å². The largest absolute Gasteiger partial charge is 0.467 e. The molecule has 4 rings (SSSR count). The lowest BCUT2D eigenvalue weighted by Gasteiger charge is -2.14. The molecule has 2 N–H and O–H groups in total. The molecule has 1 fully saturated rings. The van der Waals surface area contributed by atoms with Gasteiger partial charge in [-0.15, -0.1) is 10.2 Å². The molecular weight excluding hydrogens is 437 g/mol. The summed E-state index contributed by atoms with van der Waals surface area (Å²) in [5.74, 6) is 0.316. The number of hydrogen-bond acceptors (Lipinski definition) is 7. The van der Waals surface area contributed by atoms with E-state index >= 15 is 0 Å². The summed E-state index contributed by atoms with van der Waals surface area (Å²) >= 11 is 1.16. The standard InChI is InChI=1S/C21H22FN5O4S/c22-15-7-5-14(6-8-15)19-25-26-21(27(19)12-17-4-2-10-31-17)32-13-18(28)24-20(29)23-11-16-3-1-9-30-16/h1,3,5-9,17H,2,4,10-13H2,(H2,23,24,28,29). The molecule has 3 amide bonds. The van der Waals surface area contributed by atoms with E-state index in [2.05, 4.69) is 20.8 Å². The Kier molecular flexibility index (Phi) is 7.17. The number of furan rings is 1. The monoisotopic (exact) mass is 459 g/mol. The van der Waals surface area contributed by atoms with Crippen LogP contribution >= 0.6 is 11.8 Å². The Bertz CT molecular complexity index is 1050. The van der Waals surface area contributed by atoms with Crippen LogP contribution < -0.4 is 10.6 Å². The van der Waals surface area contributed by atoms with E-state index < -0.39 is 11.9 Å². The fourth-order valence-electron chi connectivity index (χ4n) is 3.28. The van der Waals surface area contributed by atoms with Crippen molar-refractivity contribution in [1.29, 1.82) is 0 Å². The van der Waals surface area contributed by atoms with Crippen LogP contribution in [0.25, 0.3) is 11.4 Å². The van der Waals surface area contributed by atoms with Gasteiger partial charge < -0.3 is 14.5 Å². The number of ether oxygens (including phenoxy) is 1. The number of imide groups is 1. The van der Waals surface area contributed by atoms with Crippen LogP contribution in [0.5, 0.6) is 0 Å². The molecule has 2 aromatic heterocycles. The predicted octanol–water partition coefficient (Wildman–Crippen LogP) is 2.97. The number of nitrogens with one attached hydrogen (secondary N) is 2. The molecule has 0 aliphatic carbocycles. The molecule has 0 bridgehead atoms. The number of urea groups is 1. The summed E-state index contributed by atoms with van der Waals surface area (Å²) in [5.41, 5.74) is 0.713. The lowest BCUT2D eigenvalue weighted by Crippen LogP contribution is -2.39. The maximum absolute atomic E-state index is 13.3. The van der Waals surface area contributed by atoms with Crippen molar-refractivity contribution in [3.05, 3.63) is 54.2 Å². The second kappa shape index (κ2) is 10.4. The van der Waals surface area contributed by atoms with Crippen molar-refractivity contribution >= 4 is 23.7 Å². The molecule has 0 radical (unpaired) electrons. The van der Waals surface area contributed by atoms with Gasteiger partial charge in [0.1, 0.15) is 11.6 Å². The lowest BCUT2D eigenvalue weighted by atomic mass is 10.2. The highest BCUT2D eigenvalue weighted by molar-refractivity contribution is 7.99. The van der Waals surface area contributed by atoms with Crippen molar-refractivity contribution < 1.29 is 23.1 Å². The van der Waals surface area contributed by atoms with E-state index in [0.717, 1.165) is 24.6 Å². The minimum Gasteiger partial charge on any atom is -0.467 e. The van der Waals surface area contributed by atoms with Gasteiger partial charge in [-0.25, -0.2) is 9.18 Å². The SMILES string of the molecule is O=C(CSc1nnc(-c2ccc(F)cc2)n1CC1CCCO1)NC(=O)NCc1ccco1. The quantitative estimate of drug-likeness (QED) is 0.498. The van der Waals surface area contributed by atoms with Gasteiger partial charge in [0.05, 0.1) is 31.2 Å². The first-order valence-corrected chi connectivity index (χ1v) is 11.1. The maximum Gasteiger partial charge on any atom is 0.321 e. The van der Waals surface area contributed by atoms with Crippen molar-refractivity contribution in [1.82, 2.24) is 25.4 Å². The number of nitrogens with zero attached hydrogens (tertiary/aromatic N) is 3. The third kappa shape index (κ3) is 5.74. The number of carbonyl (C=O) groups is 2. The van der Waals surface area contributed by atoms with Gasteiger partial charge >= 0.3 is 6.03 Å². The van der Waals surface area contributed by atoms with E-state index in [4.69, 9.17) is 9.15 Å². The number of halogens is 1. The number of rotatable bonds is 8. The van der Waals surface area contributed by atoms with Gasteiger partial charge in [0.2, 0.25) is 5.91 Å². The number of carbonyl (C=O) groups excluding carboxylic acids is 2. The summed E-state index contributed by atoms with van der Waals surface area (Å²) in [6.07, 6.45) is 3.42. The molecule has 3 heterocycles. The van der Waals surface area contributed by atoms with Crippen LogP contribution in [0.4, 0.5) is 9.18 Å². The Morgan fingerprint density at radius 3 is 2.78 bits per heavy atom. The van der Waals surface area contributed by atoms with Gasteiger partial charge in [0.25, 0.3) is 0 Å². The zero-order valence-corrected chi connectivity index (χ0v) is 17.9. The van der Waals surface area contributed by atoms with E-state index in [1.54, 1.807) is 24.3 Å². The van der Waals surface area contributed by atoms with Gasteiger partial charge in [-0.2, -0.15) is 0 Å². The average Bonchev–Trinajstić information content (AvgIpc) is 3.55. The molecule has 32 heavy (non-hydrogen) atoms. The topological polar surface area (TPSA) is 111 Å². The highest BCUT2D eigenvalue weighted by Crippen LogP contribution is 2.26. The molecule has 0 spiro atoms. The number of hydrogen-bond donors (Lipinski definition) is 2. The molecule has 1 atom stereocenters. The number of aromatic nitrogens is 3. The van der Waals surface area contributed by atoms with Crippen molar-refractivity contribution in [2.45, 2.75) is 37.2 Å². The van der Waals surface area contributed by atoms with E-state index in [1.807, 2.05) is 4.57 Å². The molecule has 0 saturated carbocycles. The smallest absolute Gasteiger partial charge is 0.321 e. The third-order valence-corrected chi connectivity index (χ3v) is 5.78. The van der Waals surface area contributed by atoms with Crippen LogP contribution in [-0.4, -0.2) is 45.2 Å². The van der Waals surface area contributed by atoms with Crippen LogP contribution in [0.15, 0.2) is 52.2 Å². The Hall–Kier alpha value is -3.18. The molecule has 1 aromatic carbocycles. The first-order chi connectivity index (χ1) is 15.6. The highest BCUT2D eigenvalue weighted by Gasteiger charge is 2.22. The summed E-state index contributed by atoms with van der Waals surface area (Å²) in [6, 6.07) is 8.82. The number of benzene rings is 1. The van der Waals surface area contributed by atoms with Crippen LogP contribution in [0, 0.1) is 5.82 Å². The fourth-order valence-corrected chi connectivity index (χ4v) is 4.03. The second-order valence-corrected chi connectivity index (χ2v) is 8.10. The van der Waals surface area contributed by atoms with Crippen LogP contribution in [0.2, 0.25) is 0 Å². The Morgan fingerprint density at radius 1 is 1.22 bits per heavy atom. The average molecular weight is 460 g/mol. The van der Waals surface area contributed by atoms with Gasteiger partial charge in [0, 0.05) is 12.2 Å². The molecule has 1 aliphatic heterocycles. The first kappa shape index (κ1) is 22.0. The van der Waals surface area contributed by atoms with Gasteiger partial charge in [0.15, 0.2) is 11.0 Å². The van der Waals surface area contributed by atoms with Crippen molar-refractivity contribution in [2.24, 2.45) is 0 Å². The summed E-state index contributed by atoms with van der Waals surface area (Å²) < 4.78 is 26.1. The molecule has 1 saturated heterocycles. The van der Waals surface area contributed by atoms with Gasteiger partial charge in [-0.1, -0.05) is 11.8 Å². The van der Waals surface area contributed by atoms with Crippen LogP contribution in [0.1, 0.15) is 18.6 Å². The van der Waals surface area contributed by atoms with Gasteiger partial charge in [-0.3, -0.25) is 14.7 Å². The van der Waals surface area contributed by atoms with Gasteiger partial charge in [-0.05, 0) is 49.2 Å². The summed E-state index contributed by atoms with van der Waals surface area (Å²) in [5, 5.41) is 13.8. The normalized spacial score (nSPS) is 15.6. The number of amides is 3. The van der Waals surface area contributed by atoms with E-state index in [1.165, 1.54) is 18.4 Å². The fraction of sp³-hybridized carbons (Fsp3) is 0.333.